The van der Waals surface area contributed by atoms with E-state index in [0.29, 0.717) is 6.61 Å². The molecule has 0 saturated carbocycles. The SMILES string of the molecule is CCc1ccccc1OCCCC(C#N)c1cccc(OC)c1. The van der Waals surface area contributed by atoms with Crippen LogP contribution in [-0.4, -0.2) is 13.7 Å². The van der Waals surface area contributed by atoms with E-state index in [1.165, 1.54) is 5.56 Å². The van der Waals surface area contributed by atoms with Crippen molar-refractivity contribution in [1.29, 1.82) is 5.26 Å². The molecule has 0 aliphatic carbocycles. The van der Waals surface area contributed by atoms with Crippen molar-refractivity contribution in [1.82, 2.24) is 0 Å². The maximum Gasteiger partial charge on any atom is 0.122 e. The number of methoxy groups -OCH3 is 1. The second-order valence-corrected chi connectivity index (χ2v) is 5.41. The highest BCUT2D eigenvalue weighted by Crippen LogP contribution is 2.25. The molecule has 2 aromatic rings. The van der Waals surface area contributed by atoms with Crippen molar-refractivity contribution in [2.45, 2.75) is 32.1 Å². The number of ether oxygens (including phenoxy) is 2. The van der Waals surface area contributed by atoms with E-state index in [2.05, 4.69) is 19.1 Å². The molecule has 0 fully saturated rings. The van der Waals surface area contributed by atoms with Gasteiger partial charge in [-0.25, -0.2) is 0 Å². The van der Waals surface area contributed by atoms with Crippen molar-refractivity contribution in [2.75, 3.05) is 13.7 Å². The molecule has 0 aliphatic rings. The van der Waals surface area contributed by atoms with Gasteiger partial charge in [-0.3, -0.25) is 0 Å². The third-order valence-electron chi connectivity index (χ3n) is 3.90. The third-order valence-corrected chi connectivity index (χ3v) is 3.90. The van der Waals surface area contributed by atoms with Crippen molar-refractivity contribution in [3.8, 4) is 17.6 Å². The molecule has 1 unspecified atom stereocenters. The Hall–Kier alpha value is -2.47. The number of nitrogens with zero attached hydrogens (tertiary/aromatic N) is 1. The summed E-state index contributed by atoms with van der Waals surface area (Å²) in [5, 5.41) is 9.41. The standard InChI is InChI=1S/C20H23NO2/c1-3-16-8-4-5-12-20(16)23-13-7-10-18(15-21)17-9-6-11-19(14-17)22-2/h4-6,8-9,11-12,14,18H,3,7,10,13H2,1-2H3. The van der Waals surface area contributed by atoms with E-state index in [-0.39, 0.29) is 5.92 Å². The maximum absolute atomic E-state index is 9.41. The zero-order chi connectivity index (χ0) is 16.5. The molecule has 2 aromatic carbocycles. The number of hydrogen-bond acceptors (Lipinski definition) is 3. The van der Waals surface area contributed by atoms with Gasteiger partial charge in [0, 0.05) is 0 Å². The average Bonchev–Trinajstić information content (AvgIpc) is 2.62. The largest absolute Gasteiger partial charge is 0.497 e. The van der Waals surface area contributed by atoms with Crippen LogP contribution in [-0.2, 0) is 6.42 Å². The molecule has 0 radical (unpaired) electrons. The molecule has 23 heavy (non-hydrogen) atoms. The summed E-state index contributed by atoms with van der Waals surface area (Å²) in [7, 11) is 1.64. The van der Waals surface area contributed by atoms with Crippen molar-refractivity contribution >= 4 is 0 Å². The molecule has 120 valence electrons. The van der Waals surface area contributed by atoms with Crippen LogP contribution in [0.1, 0.15) is 36.8 Å². The molecule has 0 amide bonds. The van der Waals surface area contributed by atoms with Gasteiger partial charge in [-0.1, -0.05) is 37.3 Å². The molecule has 0 N–H and O–H groups in total. The number of rotatable bonds is 8. The Morgan fingerprint density at radius 3 is 2.70 bits per heavy atom. The Balaban J connectivity index is 1.88. The molecular formula is C20H23NO2. The fourth-order valence-corrected chi connectivity index (χ4v) is 2.57. The predicted octanol–water partition coefficient (Wildman–Crippen LogP) is 4.72. The average molecular weight is 309 g/mol. The van der Waals surface area contributed by atoms with Crippen LogP contribution >= 0.6 is 0 Å². The van der Waals surface area contributed by atoms with Crippen LogP contribution < -0.4 is 9.47 Å². The van der Waals surface area contributed by atoms with Crippen LogP contribution in [0.15, 0.2) is 48.5 Å². The first kappa shape index (κ1) is 16.9. The molecule has 3 nitrogen and oxygen atoms in total. The number of benzene rings is 2. The molecule has 0 heterocycles. The quantitative estimate of drug-likeness (QED) is 0.662. The summed E-state index contributed by atoms with van der Waals surface area (Å²) in [6.07, 6.45) is 2.58. The Bertz CT molecular complexity index is 661. The van der Waals surface area contributed by atoms with Crippen molar-refractivity contribution < 1.29 is 9.47 Å². The second kappa shape index (κ2) is 8.85. The monoisotopic (exact) mass is 309 g/mol. The maximum atomic E-state index is 9.41. The fraction of sp³-hybridized carbons (Fsp3) is 0.350. The molecule has 1 atom stereocenters. The lowest BCUT2D eigenvalue weighted by atomic mass is 9.96. The number of aryl methyl sites for hydroxylation is 1. The van der Waals surface area contributed by atoms with Crippen LogP contribution in [0.3, 0.4) is 0 Å². The Labute approximate surface area is 138 Å². The molecule has 0 aromatic heterocycles. The van der Waals surface area contributed by atoms with Crippen LogP contribution in [0.2, 0.25) is 0 Å². The third kappa shape index (κ3) is 4.75. The minimum atomic E-state index is -0.130. The van der Waals surface area contributed by atoms with Gasteiger partial charge in [0.15, 0.2) is 0 Å². The van der Waals surface area contributed by atoms with Gasteiger partial charge in [-0.05, 0) is 48.6 Å². The summed E-state index contributed by atoms with van der Waals surface area (Å²) in [5.74, 6) is 1.61. The second-order valence-electron chi connectivity index (χ2n) is 5.41. The zero-order valence-corrected chi connectivity index (χ0v) is 13.8. The van der Waals surface area contributed by atoms with Crippen LogP contribution in [0, 0.1) is 11.3 Å². The normalized spacial score (nSPS) is 11.5. The first-order valence-electron chi connectivity index (χ1n) is 8.02. The minimum absolute atomic E-state index is 0.130. The molecule has 0 bridgehead atoms. The number of nitriles is 1. The zero-order valence-electron chi connectivity index (χ0n) is 13.8. The van der Waals surface area contributed by atoms with Crippen molar-refractivity contribution in [3.05, 3.63) is 59.7 Å². The molecule has 0 aliphatic heterocycles. The van der Waals surface area contributed by atoms with Gasteiger partial charge in [-0.15, -0.1) is 0 Å². The highest BCUT2D eigenvalue weighted by atomic mass is 16.5. The lowest BCUT2D eigenvalue weighted by molar-refractivity contribution is 0.302. The van der Waals surface area contributed by atoms with Crippen molar-refractivity contribution in [2.24, 2.45) is 0 Å². The van der Waals surface area contributed by atoms with Crippen LogP contribution in [0.4, 0.5) is 0 Å². The van der Waals surface area contributed by atoms with Crippen LogP contribution in [0.5, 0.6) is 11.5 Å². The lowest BCUT2D eigenvalue weighted by Gasteiger charge is -2.13. The van der Waals surface area contributed by atoms with Gasteiger partial charge in [0.2, 0.25) is 0 Å². The summed E-state index contributed by atoms with van der Waals surface area (Å²) in [6.45, 7) is 2.75. The summed E-state index contributed by atoms with van der Waals surface area (Å²) < 4.78 is 11.1. The minimum Gasteiger partial charge on any atom is -0.497 e. The van der Waals surface area contributed by atoms with E-state index in [9.17, 15) is 5.26 Å². The fourth-order valence-electron chi connectivity index (χ4n) is 2.57. The van der Waals surface area contributed by atoms with Gasteiger partial charge in [0.25, 0.3) is 0 Å². The highest BCUT2D eigenvalue weighted by Gasteiger charge is 2.11. The Morgan fingerprint density at radius 2 is 1.96 bits per heavy atom. The van der Waals surface area contributed by atoms with E-state index in [1.54, 1.807) is 7.11 Å². The molecular weight excluding hydrogens is 286 g/mol. The van der Waals surface area contributed by atoms with Gasteiger partial charge in [0.1, 0.15) is 11.5 Å². The van der Waals surface area contributed by atoms with E-state index < -0.39 is 0 Å². The molecule has 2 rings (SSSR count). The van der Waals surface area contributed by atoms with E-state index in [0.717, 1.165) is 36.3 Å². The van der Waals surface area contributed by atoms with Gasteiger partial charge in [-0.2, -0.15) is 5.26 Å². The number of para-hydroxylation sites is 1. The summed E-state index contributed by atoms with van der Waals surface area (Å²) in [4.78, 5) is 0. The number of hydrogen-bond donors (Lipinski definition) is 0. The summed E-state index contributed by atoms with van der Waals surface area (Å²) in [6, 6.07) is 18.2. The Kier molecular flexibility index (Phi) is 6.50. The highest BCUT2D eigenvalue weighted by molar-refractivity contribution is 5.34. The van der Waals surface area contributed by atoms with Crippen LogP contribution in [0.25, 0.3) is 0 Å². The molecule has 0 saturated heterocycles. The summed E-state index contributed by atoms with van der Waals surface area (Å²) in [5.41, 5.74) is 2.22. The van der Waals surface area contributed by atoms with E-state index >= 15 is 0 Å². The molecule has 0 spiro atoms. The summed E-state index contributed by atoms with van der Waals surface area (Å²) >= 11 is 0. The smallest absolute Gasteiger partial charge is 0.122 e. The van der Waals surface area contributed by atoms with E-state index in [4.69, 9.17) is 9.47 Å². The van der Waals surface area contributed by atoms with E-state index in [1.807, 2.05) is 42.5 Å². The predicted molar refractivity (Wildman–Crippen MR) is 91.9 cm³/mol. The van der Waals surface area contributed by atoms with Gasteiger partial charge < -0.3 is 9.47 Å². The van der Waals surface area contributed by atoms with Gasteiger partial charge in [0.05, 0.1) is 25.7 Å². The van der Waals surface area contributed by atoms with Crippen molar-refractivity contribution in [3.63, 3.8) is 0 Å². The molecule has 3 heteroatoms. The first-order valence-corrected chi connectivity index (χ1v) is 8.02. The lowest BCUT2D eigenvalue weighted by Crippen LogP contribution is -2.03. The topological polar surface area (TPSA) is 42.2 Å². The van der Waals surface area contributed by atoms with Gasteiger partial charge >= 0.3 is 0 Å². The first-order chi connectivity index (χ1) is 11.3. The Morgan fingerprint density at radius 1 is 1.13 bits per heavy atom.